The Kier molecular flexibility index (Phi) is 4.60. The van der Waals surface area contributed by atoms with Crippen LogP contribution >= 0.6 is 11.6 Å². The fourth-order valence-corrected chi connectivity index (χ4v) is 2.64. The third-order valence-electron chi connectivity index (χ3n) is 3.36. The first-order valence-electron chi connectivity index (χ1n) is 6.68. The number of alkyl halides is 1. The first-order chi connectivity index (χ1) is 8.70. The molecule has 0 saturated heterocycles. The Hall–Kier alpha value is -1.08. The number of allylic oxidation sites excluding steroid dienone is 1. The molecule has 2 heteroatoms. The maximum Gasteiger partial charge on any atom is 0.176 e. The van der Waals surface area contributed by atoms with E-state index in [1.165, 1.54) is 5.56 Å². The highest BCUT2D eigenvalue weighted by atomic mass is 35.5. The van der Waals surface area contributed by atoms with Crippen LogP contribution in [0.1, 0.15) is 43.7 Å². The summed E-state index contributed by atoms with van der Waals surface area (Å²) in [6.45, 7) is 2.18. The molecule has 1 unspecified atom stereocenters. The molecule has 0 heterocycles. The smallest absolute Gasteiger partial charge is 0.176 e. The molecule has 1 saturated carbocycles. The van der Waals surface area contributed by atoms with Gasteiger partial charge < -0.3 is 0 Å². The van der Waals surface area contributed by atoms with Gasteiger partial charge in [-0.25, -0.2) is 0 Å². The molecule has 1 atom stereocenters. The minimum Gasteiger partial charge on any atom is -0.293 e. The molecule has 0 N–H and O–H groups in total. The normalized spacial score (nSPS) is 22.4. The molecule has 1 aromatic carbocycles. The van der Waals surface area contributed by atoms with E-state index in [1.54, 1.807) is 0 Å². The van der Waals surface area contributed by atoms with Crippen molar-refractivity contribution >= 4 is 23.5 Å². The molecular weight excluding hydrogens is 244 g/mol. The molecule has 18 heavy (non-hydrogen) atoms. The Labute approximate surface area is 114 Å². The van der Waals surface area contributed by atoms with Crippen LogP contribution in [0.2, 0.25) is 0 Å². The number of aryl methyl sites for hydroxylation is 1. The van der Waals surface area contributed by atoms with Crippen molar-refractivity contribution in [1.29, 1.82) is 0 Å². The average molecular weight is 263 g/mol. The van der Waals surface area contributed by atoms with Crippen molar-refractivity contribution in [1.82, 2.24) is 0 Å². The second kappa shape index (κ2) is 6.19. The SMILES string of the molecule is CCCc1ccc(C=C2CCCC(Cl)C2=O)cc1. The van der Waals surface area contributed by atoms with E-state index in [9.17, 15) is 4.79 Å². The van der Waals surface area contributed by atoms with Gasteiger partial charge in [0, 0.05) is 0 Å². The van der Waals surface area contributed by atoms with Crippen LogP contribution in [0.4, 0.5) is 0 Å². The summed E-state index contributed by atoms with van der Waals surface area (Å²) >= 11 is 6.00. The molecule has 0 amide bonds. The van der Waals surface area contributed by atoms with E-state index in [0.717, 1.165) is 43.2 Å². The molecule has 96 valence electrons. The Morgan fingerprint density at radius 1 is 1.33 bits per heavy atom. The lowest BCUT2D eigenvalue weighted by Gasteiger charge is -2.17. The van der Waals surface area contributed by atoms with E-state index in [0.29, 0.717) is 0 Å². The standard InChI is InChI=1S/C16H19ClO/c1-2-4-12-7-9-13(10-8-12)11-14-5-3-6-15(17)16(14)18/h7-11,15H,2-6H2,1H3. The van der Waals surface area contributed by atoms with Gasteiger partial charge >= 0.3 is 0 Å². The van der Waals surface area contributed by atoms with Crippen molar-refractivity contribution in [3.05, 3.63) is 41.0 Å². The van der Waals surface area contributed by atoms with Gasteiger partial charge in [-0.3, -0.25) is 4.79 Å². The molecule has 0 radical (unpaired) electrons. The minimum absolute atomic E-state index is 0.112. The molecule has 1 fully saturated rings. The van der Waals surface area contributed by atoms with Crippen LogP contribution in [0, 0.1) is 0 Å². The number of ketones is 1. The summed E-state index contributed by atoms with van der Waals surface area (Å²) < 4.78 is 0. The van der Waals surface area contributed by atoms with Gasteiger partial charge in [0.05, 0.1) is 5.38 Å². The number of halogens is 1. The molecule has 1 nitrogen and oxygen atoms in total. The molecule has 0 spiro atoms. The number of carbonyl (C=O) groups is 1. The number of hydrogen-bond acceptors (Lipinski definition) is 1. The molecule has 1 aliphatic rings. The fourth-order valence-electron chi connectivity index (χ4n) is 2.34. The first-order valence-corrected chi connectivity index (χ1v) is 7.12. The summed E-state index contributed by atoms with van der Waals surface area (Å²) in [5, 5.41) is -0.315. The van der Waals surface area contributed by atoms with Gasteiger partial charge in [-0.1, -0.05) is 37.6 Å². The molecule has 1 aromatic rings. The van der Waals surface area contributed by atoms with Crippen molar-refractivity contribution in [3.8, 4) is 0 Å². The van der Waals surface area contributed by atoms with Crippen molar-refractivity contribution < 1.29 is 4.79 Å². The van der Waals surface area contributed by atoms with Crippen LogP contribution in [-0.4, -0.2) is 11.2 Å². The summed E-state index contributed by atoms with van der Waals surface area (Å²) in [7, 11) is 0. The lowest BCUT2D eigenvalue weighted by molar-refractivity contribution is -0.116. The van der Waals surface area contributed by atoms with Crippen molar-refractivity contribution in [2.45, 2.75) is 44.4 Å². The van der Waals surface area contributed by atoms with Gasteiger partial charge in [-0.05, 0) is 48.5 Å². The maximum absolute atomic E-state index is 11.9. The largest absolute Gasteiger partial charge is 0.293 e. The number of benzene rings is 1. The third-order valence-corrected chi connectivity index (χ3v) is 3.78. The fraction of sp³-hybridized carbons (Fsp3) is 0.438. The number of rotatable bonds is 3. The van der Waals surface area contributed by atoms with E-state index >= 15 is 0 Å². The minimum atomic E-state index is -0.315. The zero-order valence-corrected chi connectivity index (χ0v) is 11.5. The highest BCUT2D eigenvalue weighted by Crippen LogP contribution is 2.26. The van der Waals surface area contributed by atoms with E-state index in [-0.39, 0.29) is 11.2 Å². The molecule has 0 bridgehead atoms. The van der Waals surface area contributed by atoms with Crippen LogP contribution in [0.25, 0.3) is 6.08 Å². The van der Waals surface area contributed by atoms with Gasteiger partial charge in [-0.15, -0.1) is 11.6 Å². The van der Waals surface area contributed by atoms with Crippen LogP contribution in [0.3, 0.4) is 0 Å². The van der Waals surface area contributed by atoms with E-state index in [2.05, 4.69) is 31.2 Å². The molecular formula is C16H19ClO. The van der Waals surface area contributed by atoms with E-state index < -0.39 is 0 Å². The highest BCUT2D eigenvalue weighted by molar-refractivity contribution is 6.34. The average Bonchev–Trinajstić information content (AvgIpc) is 2.38. The molecule has 1 aliphatic carbocycles. The third kappa shape index (κ3) is 3.23. The van der Waals surface area contributed by atoms with Gasteiger partial charge in [0.25, 0.3) is 0 Å². The monoisotopic (exact) mass is 262 g/mol. The van der Waals surface area contributed by atoms with Crippen molar-refractivity contribution in [3.63, 3.8) is 0 Å². The lowest BCUT2D eigenvalue weighted by Crippen LogP contribution is -2.21. The van der Waals surface area contributed by atoms with Crippen LogP contribution in [0.5, 0.6) is 0 Å². The van der Waals surface area contributed by atoms with Crippen LogP contribution in [-0.2, 0) is 11.2 Å². The van der Waals surface area contributed by atoms with Gasteiger partial charge in [0.1, 0.15) is 0 Å². The quantitative estimate of drug-likeness (QED) is 0.583. The number of carbonyl (C=O) groups excluding carboxylic acids is 1. The topological polar surface area (TPSA) is 17.1 Å². The first kappa shape index (κ1) is 13.4. The molecule has 2 rings (SSSR count). The summed E-state index contributed by atoms with van der Waals surface area (Å²) in [6.07, 6.45) is 6.95. The van der Waals surface area contributed by atoms with Gasteiger partial charge in [0.15, 0.2) is 5.78 Å². The maximum atomic E-state index is 11.9. The number of Topliss-reactive ketones (excluding diaryl/α,β-unsaturated/α-hetero) is 1. The summed E-state index contributed by atoms with van der Waals surface area (Å²) in [5.74, 6) is 0.112. The lowest BCUT2D eigenvalue weighted by atomic mass is 9.91. The summed E-state index contributed by atoms with van der Waals surface area (Å²) in [6, 6.07) is 8.45. The van der Waals surface area contributed by atoms with Crippen molar-refractivity contribution in [2.75, 3.05) is 0 Å². The zero-order chi connectivity index (χ0) is 13.0. The van der Waals surface area contributed by atoms with E-state index in [1.807, 2.05) is 6.08 Å². The van der Waals surface area contributed by atoms with Crippen LogP contribution < -0.4 is 0 Å². The van der Waals surface area contributed by atoms with Gasteiger partial charge in [-0.2, -0.15) is 0 Å². The van der Waals surface area contributed by atoms with Crippen LogP contribution in [0.15, 0.2) is 29.8 Å². The Morgan fingerprint density at radius 3 is 2.72 bits per heavy atom. The van der Waals surface area contributed by atoms with Gasteiger partial charge in [0.2, 0.25) is 0 Å². The summed E-state index contributed by atoms with van der Waals surface area (Å²) in [5.41, 5.74) is 3.33. The Bertz CT molecular complexity index is 445. The second-order valence-corrected chi connectivity index (χ2v) is 5.41. The number of hydrogen-bond donors (Lipinski definition) is 0. The predicted octanol–water partition coefficient (Wildman–Crippen LogP) is 4.38. The highest BCUT2D eigenvalue weighted by Gasteiger charge is 2.23. The molecule has 0 aliphatic heterocycles. The summed E-state index contributed by atoms with van der Waals surface area (Å²) in [4.78, 5) is 11.9. The zero-order valence-electron chi connectivity index (χ0n) is 10.8. The van der Waals surface area contributed by atoms with E-state index in [4.69, 9.17) is 11.6 Å². The predicted molar refractivity (Wildman–Crippen MR) is 76.9 cm³/mol. The van der Waals surface area contributed by atoms with Crippen molar-refractivity contribution in [2.24, 2.45) is 0 Å². The molecule has 0 aromatic heterocycles. The Morgan fingerprint density at radius 2 is 2.06 bits per heavy atom. The Balaban J connectivity index is 2.14. The second-order valence-electron chi connectivity index (χ2n) is 4.89.